The standard InChI is InChI=1S/C29H36N2OS/c1-3-5-7-9-10-11-13-21-15-18-25-24-17-16-22(19-23(24)20-26(25)28(21)32)29-31-30-27(33-29)14-12-8-6-4-2/h15-20H,3-14H2,1-2H3. The van der Waals surface area contributed by atoms with E-state index in [1.807, 2.05) is 0 Å². The van der Waals surface area contributed by atoms with Gasteiger partial charge in [-0.2, -0.15) is 0 Å². The van der Waals surface area contributed by atoms with Crippen molar-refractivity contribution in [3.63, 3.8) is 0 Å². The molecular weight excluding hydrogens is 424 g/mol. The molecule has 33 heavy (non-hydrogen) atoms. The molecule has 0 radical (unpaired) electrons. The SMILES string of the molecule is CCCCCCCCC1=CC=C2C(=Cc3cc(-c4nnc(CCCCCC)s4)ccc32)C1=O. The van der Waals surface area contributed by atoms with Gasteiger partial charge in [-0.3, -0.25) is 4.79 Å². The summed E-state index contributed by atoms with van der Waals surface area (Å²) in [5, 5.41) is 10.9. The first-order valence-electron chi connectivity index (χ1n) is 12.9. The highest BCUT2D eigenvalue weighted by Gasteiger charge is 2.28. The van der Waals surface area contributed by atoms with E-state index in [1.54, 1.807) is 11.3 Å². The number of carbonyl (C=O) groups excluding carboxylic acids is 1. The van der Waals surface area contributed by atoms with Crippen LogP contribution in [0.5, 0.6) is 0 Å². The molecule has 174 valence electrons. The summed E-state index contributed by atoms with van der Waals surface area (Å²) in [4.78, 5) is 13.1. The van der Waals surface area contributed by atoms with Crippen LogP contribution in [0.1, 0.15) is 101 Å². The van der Waals surface area contributed by atoms with E-state index in [-0.39, 0.29) is 5.78 Å². The van der Waals surface area contributed by atoms with Crippen LogP contribution in [-0.4, -0.2) is 16.0 Å². The number of ketones is 1. The van der Waals surface area contributed by atoms with Crippen molar-refractivity contribution in [1.29, 1.82) is 0 Å². The maximum absolute atomic E-state index is 13.1. The van der Waals surface area contributed by atoms with Crippen molar-refractivity contribution < 1.29 is 4.79 Å². The summed E-state index contributed by atoms with van der Waals surface area (Å²) in [5.74, 6) is 0.212. The van der Waals surface area contributed by atoms with Crippen LogP contribution >= 0.6 is 11.3 Å². The fraction of sp³-hybridized carbons (Fsp3) is 0.483. The fourth-order valence-corrected chi connectivity index (χ4v) is 5.58. The first kappa shape index (κ1) is 23.8. The van der Waals surface area contributed by atoms with Gasteiger partial charge in [0.15, 0.2) is 5.78 Å². The summed E-state index contributed by atoms with van der Waals surface area (Å²) >= 11 is 1.70. The van der Waals surface area contributed by atoms with Gasteiger partial charge in [-0.1, -0.05) is 101 Å². The Morgan fingerprint density at radius 3 is 2.33 bits per heavy atom. The minimum atomic E-state index is 0.212. The van der Waals surface area contributed by atoms with E-state index < -0.39 is 0 Å². The minimum Gasteiger partial charge on any atom is -0.289 e. The Balaban J connectivity index is 1.40. The van der Waals surface area contributed by atoms with Crippen molar-refractivity contribution in [3.8, 4) is 10.6 Å². The number of aryl methyl sites for hydroxylation is 1. The zero-order valence-corrected chi connectivity index (χ0v) is 21.0. The summed E-state index contributed by atoms with van der Waals surface area (Å²) in [6.07, 6.45) is 20.7. The predicted octanol–water partition coefficient (Wildman–Crippen LogP) is 8.37. The molecule has 1 aromatic carbocycles. The number of allylic oxidation sites excluding steroid dienone is 5. The summed E-state index contributed by atoms with van der Waals surface area (Å²) < 4.78 is 0. The van der Waals surface area contributed by atoms with Gasteiger partial charge in [0.05, 0.1) is 0 Å². The van der Waals surface area contributed by atoms with Gasteiger partial charge in [-0.25, -0.2) is 0 Å². The maximum atomic E-state index is 13.1. The fourth-order valence-electron chi connectivity index (χ4n) is 4.71. The second kappa shape index (κ2) is 11.7. The van der Waals surface area contributed by atoms with Crippen molar-refractivity contribution >= 4 is 28.8 Å². The number of carbonyl (C=O) groups is 1. The zero-order chi connectivity index (χ0) is 23.0. The van der Waals surface area contributed by atoms with Crippen LogP contribution in [0.3, 0.4) is 0 Å². The van der Waals surface area contributed by atoms with Gasteiger partial charge in [0, 0.05) is 23.1 Å². The molecule has 0 saturated heterocycles. The Morgan fingerprint density at radius 2 is 1.52 bits per heavy atom. The van der Waals surface area contributed by atoms with Crippen LogP contribution in [-0.2, 0) is 11.2 Å². The summed E-state index contributed by atoms with van der Waals surface area (Å²) in [5.41, 5.74) is 6.26. The third-order valence-corrected chi connectivity index (χ3v) is 7.71. The Bertz CT molecular complexity index is 1070. The van der Waals surface area contributed by atoms with Crippen molar-refractivity contribution in [2.75, 3.05) is 0 Å². The average Bonchev–Trinajstić information content (AvgIpc) is 3.45. The van der Waals surface area contributed by atoms with Gasteiger partial charge in [0.2, 0.25) is 0 Å². The number of hydrogen-bond acceptors (Lipinski definition) is 4. The van der Waals surface area contributed by atoms with Gasteiger partial charge < -0.3 is 0 Å². The van der Waals surface area contributed by atoms with Crippen molar-refractivity contribution in [2.45, 2.75) is 90.9 Å². The molecule has 0 saturated carbocycles. The third kappa shape index (κ3) is 5.78. The lowest BCUT2D eigenvalue weighted by molar-refractivity contribution is -0.112. The second-order valence-electron chi connectivity index (χ2n) is 9.29. The summed E-state index contributed by atoms with van der Waals surface area (Å²) in [7, 11) is 0. The van der Waals surface area contributed by atoms with Crippen molar-refractivity contribution in [2.24, 2.45) is 0 Å². The Labute approximate surface area is 202 Å². The van der Waals surface area contributed by atoms with Crippen LogP contribution in [0.4, 0.5) is 0 Å². The number of Topliss-reactive ketones (excluding diaryl/α,β-unsaturated/α-hetero) is 1. The highest BCUT2D eigenvalue weighted by molar-refractivity contribution is 7.14. The first-order chi connectivity index (χ1) is 16.2. The number of rotatable bonds is 13. The van der Waals surface area contributed by atoms with Gasteiger partial charge in [-0.15, -0.1) is 10.2 Å². The normalized spacial score (nSPS) is 14.6. The van der Waals surface area contributed by atoms with Crippen LogP contribution in [0.15, 0.2) is 41.5 Å². The second-order valence-corrected chi connectivity index (χ2v) is 10.4. The van der Waals surface area contributed by atoms with E-state index in [1.165, 1.54) is 57.8 Å². The van der Waals surface area contributed by atoms with Crippen LogP contribution in [0.2, 0.25) is 0 Å². The summed E-state index contributed by atoms with van der Waals surface area (Å²) in [6, 6.07) is 6.43. The smallest absolute Gasteiger partial charge is 0.189 e. The molecule has 2 aliphatic carbocycles. The van der Waals surface area contributed by atoms with E-state index in [9.17, 15) is 4.79 Å². The van der Waals surface area contributed by atoms with Crippen LogP contribution < -0.4 is 0 Å². The Morgan fingerprint density at radius 1 is 0.788 bits per heavy atom. The Hall–Kier alpha value is -2.33. The highest BCUT2D eigenvalue weighted by atomic mass is 32.1. The topological polar surface area (TPSA) is 42.9 Å². The largest absolute Gasteiger partial charge is 0.289 e. The lowest BCUT2D eigenvalue weighted by atomic mass is 9.88. The third-order valence-electron chi connectivity index (χ3n) is 6.68. The molecule has 1 heterocycles. The lowest BCUT2D eigenvalue weighted by Crippen LogP contribution is -2.09. The number of aromatic nitrogens is 2. The first-order valence-corrected chi connectivity index (χ1v) is 13.7. The molecular formula is C29H36N2OS. The molecule has 1 aromatic heterocycles. The molecule has 2 aromatic rings. The molecule has 4 heteroatoms. The van der Waals surface area contributed by atoms with E-state index in [0.717, 1.165) is 62.7 Å². The van der Waals surface area contributed by atoms with E-state index >= 15 is 0 Å². The highest BCUT2D eigenvalue weighted by Crippen LogP contribution is 2.41. The molecule has 2 aliphatic rings. The summed E-state index contributed by atoms with van der Waals surface area (Å²) in [6.45, 7) is 4.48. The number of nitrogens with zero attached hydrogens (tertiary/aromatic N) is 2. The van der Waals surface area contributed by atoms with Crippen molar-refractivity contribution in [1.82, 2.24) is 10.2 Å². The molecule has 4 rings (SSSR count). The molecule has 0 fully saturated rings. The van der Waals surface area contributed by atoms with Gasteiger partial charge in [0.1, 0.15) is 10.0 Å². The van der Waals surface area contributed by atoms with Crippen LogP contribution in [0, 0.1) is 0 Å². The zero-order valence-electron chi connectivity index (χ0n) is 20.2. The van der Waals surface area contributed by atoms with Crippen molar-refractivity contribution in [3.05, 3.63) is 57.6 Å². The van der Waals surface area contributed by atoms with Crippen LogP contribution in [0.25, 0.3) is 22.2 Å². The van der Waals surface area contributed by atoms with Gasteiger partial charge in [0.25, 0.3) is 0 Å². The van der Waals surface area contributed by atoms with E-state index in [0.29, 0.717) is 0 Å². The minimum absolute atomic E-state index is 0.212. The molecule has 0 atom stereocenters. The molecule has 3 nitrogen and oxygen atoms in total. The van der Waals surface area contributed by atoms with E-state index in [4.69, 9.17) is 0 Å². The number of unbranched alkanes of at least 4 members (excludes halogenated alkanes) is 8. The maximum Gasteiger partial charge on any atom is 0.189 e. The number of benzene rings is 1. The molecule has 0 aliphatic heterocycles. The quantitative estimate of drug-likeness (QED) is 0.282. The van der Waals surface area contributed by atoms with E-state index in [2.05, 4.69) is 60.5 Å². The monoisotopic (exact) mass is 460 g/mol. The molecule has 0 unspecified atom stereocenters. The Kier molecular flexibility index (Phi) is 8.44. The lowest BCUT2D eigenvalue weighted by Gasteiger charge is -2.14. The average molecular weight is 461 g/mol. The van der Waals surface area contributed by atoms with Gasteiger partial charge in [-0.05, 0) is 48.1 Å². The molecule has 0 spiro atoms. The number of hydrogen-bond donors (Lipinski definition) is 0. The molecule has 0 bridgehead atoms. The predicted molar refractivity (Wildman–Crippen MR) is 140 cm³/mol. The number of fused-ring (bicyclic) bond motifs is 3. The molecule has 0 amide bonds. The molecule has 0 N–H and O–H groups in total. The van der Waals surface area contributed by atoms with Gasteiger partial charge >= 0.3 is 0 Å².